The molecule has 140 valence electrons. The van der Waals surface area contributed by atoms with Crippen LogP contribution in [0.15, 0.2) is 18.3 Å². The maximum Gasteiger partial charge on any atom is 0.416 e. The Morgan fingerprint density at radius 3 is 2.80 bits per heavy atom. The van der Waals surface area contributed by atoms with Crippen LogP contribution >= 0.6 is 0 Å². The van der Waals surface area contributed by atoms with Crippen LogP contribution in [0.25, 0.3) is 0 Å². The van der Waals surface area contributed by atoms with Crippen molar-refractivity contribution in [1.82, 2.24) is 9.88 Å². The summed E-state index contributed by atoms with van der Waals surface area (Å²) in [6, 6.07) is 4.39. The molecule has 0 saturated carbocycles. The van der Waals surface area contributed by atoms with Crippen molar-refractivity contribution in [2.24, 2.45) is 0 Å². The minimum Gasteiger partial charge on any atom is -0.443 e. The van der Waals surface area contributed by atoms with Gasteiger partial charge in [-0.3, -0.25) is 9.80 Å². The summed E-state index contributed by atoms with van der Waals surface area (Å²) in [6.07, 6.45) is 6.95. The second-order valence-electron chi connectivity index (χ2n) is 7.89. The van der Waals surface area contributed by atoms with E-state index in [-0.39, 0.29) is 6.09 Å². The first-order chi connectivity index (χ1) is 11.8. The van der Waals surface area contributed by atoms with Gasteiger partial charge in [0, 0.05) is 24.3 Å². The van der Waals surface area contributed by atoms with Crippen molar-refractivity contribution in [2.45, 2.75) is 71.4 Å². The molecule has 1 aromatic rings. The molecule has 0 bridgehead atoms. The first-order valence-corrected chi connectivity index (χ1v) is 9.49. The van der Waals surface area contributed by atoms with Gasteiger partial charge >= 0.3 is 6.09 Å². The lowest BCUT2D eigenvalue weighted by molar-refractivity contribution is 0.0577. The average molecular weight is 348 g/mol. The molecule has 1 fully saturated rings. The van der Waals surface area contributed by atoms with Gasteiger partial charge in [-0.2, -0.15) is 0 Å². The zero-order valence-electron chi connectivity index (χ0n) is 16.4. The molecule has 0 unspecified atom stereocenters. The van der Waals surface area contributed by atoms with Crippen LogP contribution < -0.4 is 4.90 Å². The van der Waals surface area contributed by atoms with E-state index >= 15 is 0 Å². The monoisotopic (exact) mass is 347 g/mol. The summed E-state index contributed by atoms with van der Waals surface area (Å²) < 4.78 is 5.65. The maximum atomic E-state index is 12.8. The van der Waals surface area contributed by atoms with Crippen LogP contribution in [0.3, 0.4) is 0 Å². The molecule has 0 aliphatic carbocycles. The van der Waals surface area contributed by atoms with Gasteiger partial charge < -0.3 is 4.74 Å². The van der Waals surface area contributed by atoms with E-state index < -0.39 is 5.60 Å². The van der Waals surface area contributed by atoms with Gasteiger partial charge in [0.2, 0.25) is 0 Å². The third-order valence-corrected chi connectivity index (χ3v) is 4.55. The summed E-state index contributed by atoms with van der Waals surface area (Å²) in [5.41, 5.74) is 0.615. The van der Waals surface area contributed by atoms with Crippen LogP contribution in [0.2, 0.25) is 0 Å². The number of hydrogen-bond donors (Lipinski definition) is 0. The van der Waals surface area contributed by atoms with E-state index in [9.17, 15) is 4.79 Å². The minimum atomic E-state index is -0.516. The van der Waals surface area contributed by atoms with E-state index in [0.717, 1.165) is 37.2 Å². The van der Waals surface area contributed by atoms with Gasteiger partial charge in [-0.05, 0) is 59.7 Å². The Hall–Kier alpha value is -1.62. The second kappa shape index (κ2) is 8.65. The summed E-state index contributed by atoms with van der Waals surface area (Å²) >= 11 is 0. The highest BCUT2D eigenvalue weighted by Crippen LogP contribution is 2.35. The van der Waals surface area contributed by atoms with Gasteiger partial charge in [-0.25, -0.2) is 9.78 Å². The number of carbonyl (C=O) groups excluding carboxylic acids is 1. The Bertz CT molecular complexity index is 568. The van der Waals surface area contributed by atoms with Gasteiger partial charge in [0.15, 0.2) is 0 Å². The molecule has 1 aliphatic rings. The van der Waals surface area contributed by atoms with Crippen LogP contribution in [0.1, 0.15) is 71.4 Å². The van der Waals surface area contributed by atoms with Crippen molar-refractivity contribution in [3.8, 4) is 0 Å². The van der Waals surface area contributed by atoms with Crippen molar-refractivity contribution in [3.05, 3.63) is 23.9 Å². The Kier molecular flexibility index (Phi) is 6.82. The fraction of sp³-hybridized carbons (Fsp3) is 0.700. The lowest BCUT2D eigenvalue weighted by Gasteiger charge is -2.35. The molecule has 0 radical (unpaired) electrons. The second-order valence-corrected chi connectivity index (χ2v) is 7.89. The number of pyridine rings is 1. The maximum absolute atomic E-state index is 12.8. The lowest BCUT2D eigenvalue weighted by atomic mass is 9.96. The topological polar surface area (TPSA) is 45.7 Å². The highest BCUT2D eigenvalue weighted by molar-refractivity contribution is 5.87. The van der Waals surface area contributed by atoms with Gasteiger partial charge in [0.05, 0.1) is 0 Å². The standard InChI is InChI=1S/C20H33N3O2/c1-6-7-15-23(19(24)25-20(2,3)4)18-16(11-10-13-21-18)17-12-8-9-14-22(17)5/h10-11,13,17H,6-9,12,14-15H2,1-5H3/t17-/m1/s1. The van der Waals surface area contributed by atoms with E-state index in [4.69, 9.17) is 4.74 Å². The number of ether oxygens (including phenoxy) is 1. The number of unbranched alkanes of at least 4 members (excludes halogenated alkanes) is 1. The molecular weight excluding hydrogens is 314 g/mol. The number of aromatic nitrogens is 1. The summed E-state index contributed by atoms with van der Waals surface area (Å²) in [7, 11) is 2.16. The number of amides is 1. The molecule has 5 nitrogen and oxygen atoms in total. The SMILES string of the molecule is CCCCN(C(=O)OC(C)(C)C)c1ncccc1[C@H]1CCCCN1C. The van der Waals surface area contributed by atoms with E-state index in [0.29, 0.717) is 12.6 Å². The van der Waals surface area contributed by atoms with Gasteiger partial charge in [-0.1, -0.05) is 25.8 Å². The summed E-state index contributed by atoms with van der Waals surface area (Å²) in [4.78, 5) is 21.5. The Morgan fingerprint density at radius 1 is 1.40 bits per heavy atom. The average Bonchev–Trinajstić information content (AvgIpc) is 2.54. The van der Waals surface area contributed by atoms with Gasteiger partial charge in [-0.15, -0.1) is 0 Å². The zero-order chi connectivity index (χ0) is 18.4. The number of nitrogens with zero attached hydrogens (tertiary/aromatic N) is 3. The number of carbonyl (C=O) groups is 1. The van der Waals surface area contributed by atoms with E-state index in [1.54, 1.807) is 11.1 Å². The molecule has 0 N–H and O–H groups in total. The van der Waals surface area contributed by atoms with Crippen molar-refractivity contribution >= 4 is 11.9 Å². The fourth-order valence-corrected chi connectivity index (χ4v) is 3.28. The summed E-state index contributed by atoms with van der Waals surface area (Å²) in [5, 5.41) is 0. The molecule has 1 aliphatic heterocycles. The molecule has 5 heteroatoms. The molecular formula is C20H33N3O2. The molecule has 0 aromatic carbocycles. The summed E-state index contributed by atoms with van der Waals surface area (Å²) in [5.74, 6) is 0.754. The highest BCUT2D eigenvalue weighted by Gasteiger charge is 2.30. The quantitative estimate of drug-likeness (QED) is 0.769. The number of likely N-dealkylation sites (tertiary alicyclic amines) is 1. The number of rotatable bonds is 5. The van der Waals surface area contributed by atoms with E-state index in [1.165, 1.54) is 12.8 Å². The fourth-order valence-electron chi connectivity index (χ4n) is 3.28. The van der Waals surface area contributed by atoms with Crippen LogP contribution in [0.5, 0.6) is 0 Å². The Balaban J connectivity index is 2.34. The molecule has 1 aromatic heterocycles. The first kappa shape index (κ1) is 19.7. The van der Waals surface area contributed by atoms with Crippen molar-refractivity contribution in [1.29, 1.82) is 0 Å². The van der Waals surface area contributed by atoms with Crippen LogP contribution in [-0.2, 0) is 4.74 Å². The largest absolute Gasteiger partial charge is 0.443 e. The van der Waals surface area contributed by atoms with Crippen molar-refractivity contribution < 1.29 is 9.53 Å². The number of piperidine rings is 1. The van der Waals surface area contributed by atoms with E-state index in [1.807, 2.05) is 26.8 Å². The molecule has 1 saturated heterocycles. The van der Waals surface area contributed by atoms with Gasteiger partial charge in [0.25, 0.3) is 0 Å². The Morgan fingerprint density at radius 2 is 2.16 bits per heavy atom. The van der Waals surface area contributed by atoms with Crippen LogP contribution in [0, 0.1) is 0 Å². The minimum absolute atomic E-state index is 0.306. The molecule has 1 atom stereocenters. The third-order valence-electron chi connectivity index (χ3n) is 4.55. The molecule has 25 heavy (non-hydrogen) atoms. The van der Waals surface area contributed by atoms with Crippen molar-refractivity contribution in [2.75, 3.05) is 25.0 Å². The third kappa shape index (κ3) is 5.43. The van der Waals surface area contributed by atoms with Crippen LogP contribution in [0.4, 0.5) is 10.6 Å². The predicted octanol–water partition coefficient (Wildman–Crippen LogP) is 4.78. The van der Waals surface area contributed by atoms with Crippen LogP contribution in [-0.4, -0.2) is 41.7 Å². The highest BCUT2D eigenvalue weighted by atomic mass is 16.6. The zero-order valence-corrected chi connectivity index (χ0v) is 16.4. The molecule has 2 rings (SSSR count). The van der Waals surface area contributed by atoms with Crippen molar-refractivity contribution in [3.63, 3.8) is 0 Å². The summed E-state index contributed by atoms with van der Waals surface area (Å²) in [6.45, 7) is 9.54. The first-order valence-electron chi connectivity index (χ1n) is 9.49. The molecule has 2 heterocycles. The predicted molar refractivity (Wildman–Crippen MR) is 102 cm³/mol. The molecule has 1 amide bonds. The normalized spacial score (nSPS) is 18.8. The van der Waals surface area contributed by atoms with E-state index in [2.05, 4.69) is 29.9 Å². The smallest absolute Gasteiger partial charge is 0.416 e. The Labute approximate surface area is 152 Å². The lowest BCUT2D eigenvalue weighted by Crippen LogP contribution is -2.39. The number of hydrogen-bond acceptors (Lipinski definition) is 4. The van der Waals surface area contributed by atoms with Gasteiger partial charge in [0.1, 0.15) is 11.4 Å². The molecule has 0 spiro atoms. The number of anilines is 1.